The smallest absolute Gasteiger partial charge is 0.135 e. The van der Waals surface area contributed by atoms with Gasteiger partial charge in [0.1, 0.15) is 10.8 Å². The van der Waals surface area contributed by atoms with E-state index in [1.165, 1.54) is 6.07 Å². The Kier molecular flexibility index (Phi) is 3.62. The quantitative estimate of drug-likeness (QED) is 0.821. The van der Waals surface area contributed by atoms with Gasteiger partial charge < -0.3 is 10.6 Å². The molecule has 2 nitrogen and oxygen atoms in total. The molecule has 1 saturated heterocycles. The fourth-order valence-electron chi connectivity index (χ4n) is 2.27. The van der Waals surface area contributed by atoms with Crippen LogP contribution in [0.1, 0.15) is 25.3 Å². The first-order chi connectivity index (χ1) is 8.09. The number of benzene rings is 1. The predicted molar refractivity (Wildman–Crippen MR) is 72.9 cm³/mol. The molecule has 1 aliphatic heterocycles. The van der Waals surface area contributed by atoms with Crippen molar-refractivity contribution in [2.45, 2.75) is 19.8 Å². The van der Waals surface area contributed by atoms with Crippen LogP contribution in [0, 0.1) is 11.7 Å². The Morgan fingerprint density at radius 3 is 2.65 bits per heavy atom. The summed E-state index contributed by atoms with van der Waals surface area (Å²) in [6, 6.07) is 5.02. The van der Waals surface area contributed by atoms with Crippen molar-refractivity contribution in [3.05, 3.63) is 29.6 Å². The van der Waals surface area contributed by atoms with Crippen LogP contribution < -0.4 is 10.6 Å². The summed E-state index contributed by atoms with van der Waals surface area (Å²) in [7, 11) is 0. The van der Waals surface area contributed by atoms with E-state index in [4.69, 9.17) is 18.0 Å². The van der Waals surface area contributed by atoms with Gasteiger partial charge in [-0.05, 0) is 30.9 Å². The maximum absolute atomic E-state index is 13.7. The Bertz CT molecular complexity index is 425. The highest BCUT2D eigenvalue weighted by Gasteiger charge is 2.20. The van der Waals surface area contributed by atoms with Gasteiger partial charge in [-0.3, -0.25) is 0 Å². The monoisotopic (exact) mass is 252 g/mol. The van der Waals surface area contributed by atoms with E-state index in [0.29, 0.717) is 5.56 Å². The van der Waals surface area contributed by atoms with Crippen molar-refractivity contribution in [2.24, 2.45) is 11.7 Å². The van der Waals surface area contributed by atoms with Gasteiger partial charge >= 0.3 is 0 Å². The summed E-state index contributed by atoms with van der Waals surface area (Å²) in [6.45, 7) is 4.14. The lowest BCUT2D eigenvalue weighted by Gasteiger charge is -2.33. The normalized spacial score (nSPS) is 17.2. The average molecular weight is 252 g/mol. The molecule has 0 saturated carbocycles. The van der Waals surface area contributed by atoms with Crippen LogP contribution in [0.15, 0.2) is 18.2 Å². The highest BCUT2D eigenvalue weighted by molar-refractivity contribution is 7.80. The molecule has 0 aliphatic carbocycles. The van der Waals surface area contributed by atoms with Crippen LogP contribution >= 0.6 is 12.2 Å². The fourth-order valence-corrected chi connectivity index (χ4v) is 2.47. The molecule has 0 unspecified atom stereocenters. The third-order valence-corrected chi connectivity index (χ3v) is 3.57. The molecule has 1 heterocycles. The minimum Gasteiger partial charge on any atom is -0.389 e. The summed E-state index contributed by atoms with van der Waals surface area (Å²) in [5.74, 6) is 0.418. The molecular formula is C13H17FN2S. The molecule has 2 N–H and O–H groups in total. The van der Waals surface area contributed by atoms with Crippen molar-refractivity contribution in [3.63, 3.8) is 0 Å². The first-order valence-corrected chi connectivity index (χ1v) is 6.33. The van der Waals surface area contributed by atoms with Gasteiger partial charge in [-0.1, -0.05) is 25.2 Å². The van der Waals surface area contributed by atoms with Gasteiger partial charge in [0.2, 0.25) is 0 Å². The van der Waals surface area contributed by atoms with E-state index >= 15 is 0 Å². The molecule has 0 bridgehead atoms. The third kappa shape index (κ3) is 2.57. The molecule has 17 heavy (non-hydrogen) atoms. The van der Waals surface area contributed by atoms with Crippen LogP contribution in [-0.2, 0) is 0 Å². The molecule has 2 rings (SSSR count). The summed E-state index contributed by atoms with van der Waals surface area (Å²) in [4.78, 5) is 2.31. The molecule has 0 amide bonds. The first kappa shape index (κ1) is 12.3. The lowest BCUT2D eigenvalue weighted by molar-refractivity contribution is 0.438. The summed E-state index contributed by atoms with van der Waals surface area (Å²) in [6.07, 6.45) is 2.26. The van der Waals surface area contributed by atoms with Crippen molar-refractivity contribution >= 4 is 22.9 Å². The molecule has 0 atom stereocenters. The fraction of sp³-hybridized carbons (Fsp3) is 0.462. The van der Waals surface area contributed by atoms with Crippen LogP contribution in [0.3, 0.4) is 0 Å². The SMILES string of the molecule is CC1CCN(c2cccc(F)c2C(N)=S)CC1. The van der Waals surface area contributed by atoms with E-state index < -0.39 is 0 Å². The van der Waals surface area contributed by atoms with Crippen LogP contribution in [0.25, 0.3) is 0 Å². The first-order valence-electron chi connectivity index (χ1n) is 5.93. The minimum absolute atomic E-state index is 0.136. The Morgan fingerprint density at radius 1 is 1.41 bits per heavy atom. The second-order valence-electron chi connectivity index (χ2n) is 4.67. The number of hydrogen-bond acceptors (Lipinski definition) is 2. The van der Waals surface area contributed by atoms with Gasteiger partial charge in [0.15, 0.2) is 0 Å². The average Bonchev–Trinajstić information content (AvgIpc) is 2.29. The molecule has 1 aromatic carbocycles. The van der Waals surface area contributed by atoms with Crippen molar-refractivity contribution in [1.82, 2.24) is 0 Å². The van der Waals surface area contributed by atoms with Gasteiger partial charge in [-0.25, -0.2) is 4.39 Å². The molecule has 92 valence electrons. The maximum atomic E-state index is 13.7. The van der Waals surface area contributed by atoms with E-state index in [-0.39, 0.29) is 10.8 Å². The largest absolute Gasteiger partial charge is 0.389 e. The van der Waals surface area contributed by atoms with Crippen molar-refractivity contribution < 1.29 is 4.39 Å². The Labute approximate surface area is 107 Å². The highest BCUT2D eigenvalue weighted by atomic mass is 32.1. The van der Waals surface area contributed by atoms with Crippen molar-refractivity contribution in [2.75, 3.05) is 18.0 Å². The Morgan fingerprint density at radius 2 is 2.06 bits per heavy atom. The summed E-state index contributed by atoms with van der Waals surface area (Å²) in [5, 5.41) is 0. The van der Waals surface area contributed by atoms with E-state index in [1.807, 2.05) is 6.07 Å². The van der Waals surface area contributed by atoms with Gasteiger partial charge in [-0.15, -0.1) is 0 Å². The Hall–Kier alpha value is -1.16. The number of nitrogens with zero attached hydrogens (tertiary/aromatic N) is 1. The summed E-state index contributed by atoms with van der Waals surface area (Å²) >= 11 is 4.94. The lowest BCUT2D eigenvalue weighted by atomic mass is 9.98. The van der Waals surface area contributed by atoms with Crippen LogP contribution in [-0.4, -0.2) is 18.1 Å². The molecule has 1 aliphatic rings. The van der Waals surface area contributed by atoms with Crippen molar-refractivity contribution in [3.8, 4) is 0 Å². The van der Waals surface area contributed by atoms with E-state index in [9.17, 15) is 4.39 Å². The van der Waals surface area contributed by atoms with Gasteiger partial charge in [0, 0.05) is 18.8 Å². The number of rotatable bonds is 2. The number of hydrogen-bond donors (Lipinski definition) is 1. The lowest BCUT2D eigenvalue weighted by Crippen LogP contribution is -2.34. The van der Waals surface area contributed by atoms with Crippen LogP contribution in [0.5, 0.6) is 0 Å². The molecule has 1 aromatic rings. The van der Waals surface area contributed by atoms with E-state index in [0.717, 1.165) is 37.5 Å². The maximum Gasteiger partial charge on any atom is 0.135 e. The molecule has 4 heteroatoms. The van der Waals surface area contributed by atoms with Crippen LogP contribution in [0.4, 0.5) is 10.1 Å². The minimum atomic E-state index is -0.325. The number of anilines is 1. The van der Waals surface area contributed by atoms with Gasteiger partial charge in [-0.2, -0.15) is 0 Å². The molecule has 0 radical (unpaired) electrons. The summed E-state index contributed by atoms with van der Waals surface area (Å²) < 4.78 is 13.7. The van der Waals surface area contributed by atoms with Gasteiger partial charge in [0.05, 0.1) is 5.56 Å². The van der Waals surface area contributed by atoms with Crippen LogP contribution in [0.2, 0.25) is 0 Å². The highest BCUT2D eigenvalue weighted by Crippen LogP contribution is 2.27. The molecule has 1 fully saturated rings. The molecule has 0 spiro atoms. The zero-order valence-corrected chi connectivity index (χ0v) is 10.8. The summed E-state index contributed by atoms with van der Waals surface area (Å²) in [5.41, 5.74) is 6.84. The second-order valence-corrected chi connectivity index (χ2v) is 5.11. The topological polar surface area (TPSA) is 29.3 Å². The zero-order chi connectivity index (χ0) is 12.4. The Balaban J connectivity index is 2.32. The van der Waals surface area contributed by atoms with Crippen molar-refractivity contribution in [1.29, 1.82) is 0 Å². The number of piperidine rings is 1. The standard InChI is InChI=1S/C13H17FN2S/c1-9-5-7-16(8-6-9)11-4-2-3-10(14)12(11)13(15)17/h2-4,9H,5-8H2,1H3,(H2,15,17). The second kappa shape index (κ2) is 5.00. The number of thiocarbonyl (C=S) groups is 1. The van der Waals surface area contributed by atoms with E-state index in [2.05, 4.69) is 11.8 Å². The number of nitrogens with two attached hydrogens (primary N) is 1. The third-order valence-electron chi connectivity index (χ3n) is 3.36. The van der Waals surface area contributed by atoms with E-state index in [1.54, 1.807) is 6.07 Å². The predicted octanol–water partition coefficient (Wildman–Crippen LogP) is 2.70. The van der Waals surface area contributed by atoms with Gasteiger partial charge in [0.25, 0.3) is 0 Å². The molecule has 0 aromatic heterocycles. The zero-order valence-electron chi connectivity index (χ0n) is 9.95. The molecular weight excluding hydrogens is 235 g/mol. The number of halogens is 1.